The van der Waals surface area contributed by atoms with Gasteiger partial charge in [0.1, 0.15) is 0 Å². The number of pyridine rings is 1. The molecule has 4 aromatic rings. The lowest BCUT2D eigenvalue weighted by Gasteiger charge is -2.31. The van der Waals surface area contributed by atoms with Gasteiger partial charge in [-0.1, -0.05) is 55.3 Å². The number of aromatic nitrogens is 5. The smallest absolute Gasteiger partial charge is 0.252 e. The number of tetrazole rings is 1. The maximum Gasteiger partial charge on any atom is 0.252 e. The van der Waals surface area contributed by atoms with Crippen molar-refractivity contribution >= 4 is 10.9 Å². The molecule has 3 heterocycles. The third kappa shape index (κ3) is 5.55. The summed E-state index contributed by atoms with van der Waals surface area (Å²) < 4.78 is 7.77. The van der Waals surface area contributed by atoms with Gasteiger partial charge in [0.15, 0.2) is 5.82 Å². The second kappa shape index (κ2) is 11.1. The molecule has 1 N–H and O–H groups in total. The summed E-state index contributed by atoms with van der Waals surface area (Å²) in [5.74, 6) is 0.830. The molecule has 1 saturated heterocycles. The predicted molar refractivity (Wildman–Crippen MR) is 139 cm³/mol. The summed E-state index contributed by atoms with van der Waals surface area (Å²) in [5.41, 5.74) is 3.89. The van der Waals surface area contributed by atoms with Crippen molar-refractivity contribution in [3.8, 4) is 0 Å². The second-order valence-corrected chi connectivity index (χ2v) is 9.76. The molecule has 1 aliphatic rings. The fraction of sp³-hybridized carbons (Fsp3) is 0.429. The number of aromatic amines is 1. The van der Waals surface area contributed by atoms with Crippen molar-refractivity contribution in [2.45, 2.75) is 71.3 Å². The van der Waals surface area contributed by atoms with Gasteiger partial charge in [-0.2, -0.15) is 0 Å². The number of hydrogen-bond acceptors (Lipinski definition) is 6. The van der Waals surface area contributed by atoms with Crippen LogP contribution in [0.5, 0.6) is 0 Å². The number of nitrogens with one attached hydrogen (secondary N) is 1. The highest BCUT2D eigenvalue weighted by molar-refractivity contribution is 5.79. The summed E-state index contributed by atoms with van der Waals surface area (Å²) in [6.07, 6.45) is 4.09. The van der Waals surface area contributed by atoms with E-state index in [1.807, 2.05) is 28.9 Å². The van der Waals surface area contributed by atoms with E-state index >= 15 is 0 Å². The van der Waals surface area contributed by atoms with Gasteiger partial charge in [-0.25, -0.2) is 4.68 Å². The molecule has 36 heavy (non-hydrogen) atoms. The maximum absolute atomic E-state index is 13.1. The van der Waals surface area contributed by atoms with Gasteiger partial charge in [-0.15, -0.1) is 5.10 Å². The molecule has 2 atom stereocenters. The molecule has 0 aliphatic carbocycles. The van der Waals surface area contributed by atoms with E-state index in [-0.39, 0.29) is 17.7 Å². The lowest BCUT2D eigenvalue weighted by atomic mass is 10.0. The fourth-order valence-corrected chi connectivity index (χ4v) is 5.11. The fourth-order valence-electron chi connectivity index (χ4n) is 5.11. The van der Waals surface area contributed by atoms with Gasteiger partial charge in [0.05, 0.1) is 18.7 Å². The number of fused-ring (bicyclic) bond motifs is 1. The Hall–Kier alpha value is -3.36. The van der Waals surface area contributed by atoms with Gasteiger partial charge in [0.25, 0.3) is 5.56 Å². The summed E-state index contributed by atoms with van der Waals surface area (Å²) in [4.78, 5) is 18.5. The number of nitrogens with zero attached hydrogens (tertiary/aromatic N) is 5. The topological polar surface area (TPSA) is 88.9 Å². The average Bonchev–Trinajstić information content (AvgIpc) is 3.56. The van der Waals surface area contributed by atoms with Crippen LogP contribution in [0.1, 0.15) is 61.2 Å². The molecule has 8 heteroatoms. The van der Waals surface area contributed by atoms with Crippen LogP contribution in [0.15, 0.2) is 59.4 Å². The minimum absolute atomic E-state index is 0.0424. The molecule has 2 aromatic heterocycles. The van der Waals surface area contributed by atoms with Crippen LogP contribution in [0.4, 0.5) is 0 Å². The number of hydrogen-bond donors (Lipinski definition) is 1. The van der Waals surface area contributed by atoms with E-state index in [9.17, 15) is 4.79 Å². The van der Waals surface area contributed by atoms with Crippen LogP contribution in [0.2, 0.25) is 0 Å². The predicted octanol–water partition coefficient (Wildman–Crippen LogP) is 4.55. The van der Waals surface area contributed by atoms with E-state index in [1.54, 1.807) is 0 Å². The van der Waals surface area contributed by atoms with Crippen LogP contribution in [0, 0.1) is 6.92 Å². The van der Waals surface area contributed by atoms with E-state index < -0.39 is 0 Å². The highest BCUT2D eigenvalue weighted by Gasteiger charge is 2.28. The van der Waals surface area contributed by atoms with E-state index in [0.717, 1.165) is 54.6 Å². The van der Waals surface area contributed by atoms with Gasteiger partial charge in [-0.3, -0.25) is 9.69 Å². The third-order valence-electron chi connectivity index (χ3n) is 6.94. The first-order valence-electron chi connectivity index (χ1n) is 12.9. The molecule has 188 valence electrons. The highest BCUT2D eigenvalue weighted by Crippen LogP contribution is 2.28. The molecule has 0 radical (unpaired) electrons. The number of rotatable bonds is 10. The van der Waals surface area contributed by atoms with Crippen LogP contribution in [-0.2, 0) is 24.4 Å². The number of H-pyrrole nitrogens is 1. The highest BCUT2D eigenvalue weighted by atomic mass is 16.5. The summed E-state index contributed by atoms with van der Waals surface area (Å²) in [5, 5.41) is 13.9. The Morgan fingerprint density at radius 3 is 2.81 bits per heavy atom. The SMILES string of the molecule is CCCC(c1nnnn1CC1CCCO1)N(Cc1ccccc1)Cc1cc2cc(C)ccc2[nH]c1=O. The van der Waals surface area contributed by atoms with Crippen molar-refractivity contribution in [1.82, 2.24) is 30.1 Å². The lowest BCUT2D eigenvalue weighted by molar-refractivity contribution is 0.0885. The zero-order valence-electron chi connectivity index (χ0n) is 21.1. The van der Waals surface area contributed by atoms with Crippen molar-refractivity contribution in [2.24, 2.45) is 0 Å². The summed E-state index contributed by atoms with van der Waals surface area (Å²) in [7, 11) is 0. The Balaban J connectivity index is 1.51. The van der Waals surface area contributed by atoms with Crippen molar-refractivity contribution in [1.29, 1.82) is 0 Å². The zero-order valence-corrected chi connectivity index (χ0v) is 21.1. The van der Waals surface area contributed by atoms with Crippen LogP contribution >= 0.6 is 0 Å². The molecule has 2 aromatic carbocycles. The molecule has 1 fully saturated rings. The first-order chi connectivity index (χ1) is 17.6. The monoisotopic (exact) mass is 486 g/mol. The van der Waals surface area contributed by atoms with Gasteiger partial charge in [0, 0.05) is 30.8 Å². The molecule has 0 saturated carbocycles. The molecule has 1 aliphatic heterocycles. The standard InChI is InChI=1S/C28H34N6O2/c1-3-8-26(27-30-31-32-34(27)19-24-11-7-14-36-24)33(17-21-9-5-4-6-10-21)18-23-16-22-15-20(2)12-13-25(22)29-28(23)35/h4-6,9-10,12-13,15-16,24,26H,3,7-8,11,14,17-19H2,1-2H3,(H,29,35). The quantitative estimate of drug-likeness (QED) is 0.354. The van der Waals surface area contributed by atoms with E-state index in [0.29, 0.717) is 19.6 Å². The number of ether oxygens (including phenoxy) is 1. The average molecular weight is 487 g/mol. The molecular formula is C28H34N6O2. The van der Waals surface area contributed by atoms with Crippen LogP contribution in [0.3, 0.4) is 0 Å². The third-order valence-corrected chi connectivity index (χ3v) is 6.94. The van der Waals surface area contributed by atoms with Crippen molar-refractivity contribution in [2.75, 3.05) is 6.61 Å². The van der Waals surface area contributed by atoms with Crippen LogP contribution in [0.25, 0.3) is 10.9 Å². The molecule has 5 rings (SSSR count). The Kier molecular flexibility index (Phi) is 7.53. The van der Waals surface area contributed by atoms with Gasteiger partial charge < -0.3 is 9.72 Å². The van der Waals surface area contributed by atoms with Gasteiger partial charge >= 0.3 is 0 Å². The Morgan fingerprint density at radius 2 is 2.03 bits per heavy atom. The number of benzene rings is 2. The first-order valence-corrected chi connectivity index (χ1v) is 12.9. The Morgan fingerprint density at radius 1 is 1.17 bits per heavy atom. The molecule has 8 nitrogen and oxygen atoms in total. The lowest BCUT2D eigenvalue weighted by Crippen LogP contribution is -2.33. The maximum atomic E-state index is 13.1. The second-order valence-electron chi connectivity index (χ2n) is 9.76. The largest absolute Gasteiger partial charge is 0.376 e. The normalized spacial score (nSPS) is 16.7. The molecule has 0 spiro atoms. The minimum atomic E-state index is -0.0568. The van der Waals surface area contributed by atoms with Gasteiger partial charge in [0.2, 0.25) is 0 Å². The summed E-state index contributed by atoms with van der Waals surface area (Å²) in [6, 6.07) is 18.5. The Bertz CT molecular complexity index is 1340. The zero-order chi connectivity index (χ0) is 24.9. The van der Waals surface area contributed by atoms with Crippen LogP contribution < -0.4 is 5.56 Å². The molecule has 0 amide bonds. The molecular weight excluding hydrogens is 452 g/mol. The van der Waals surface area contributed by atoms with E-state index in [4.69, 9.17) is 4.74 Å². The van der Waals surface area contributed by atoms with Crippen molar-refractivity contribution in [3.63, 3.8) is 0 Å². The van der Waals surface area contributed by atoms with Crippen LogP contribution in [-0.4, -0.2) is 42.8 Å². The Labute approximate surface area is 211 Å². The summed E-state index contributed by atoms with van der Waals surface area (Å²) in [6.45, 7) is 6.86. The van der Waals surface area contributed by atoms with Crippen molar-refractivity contribution in [3.05, 3.63) is 87.5 Å². The summed E-state index contributed by atoms with van der Waals surface area (Å²) >= 11 is 0. The number of aryl methyl sites for hydroxylation is 1. The van der Waals surface area contributed by atoms with E-state index in [2.05, 4.69) is 69.6 Å². The van der Waals surface area contributed by atoms with E-state index in [1.165, 1.54) is 11.1 Å². The first kappa shape index (κ1) is 24.3. The van der Waals surface area contributed by atoms with Crippen molar-refractivity contribution < 1.29 is 4.74 Å². The molecule has 2 unspecified atom stereocenters. The minimum Gasteiger partial charge on any atom is -0.376 e. The molecule has 0 bridgehead atoms. The van der Waals surface area contributed by atoms with Gasteiger partial charge in [-0.05, 0) is 65.8 Å².